The van der Waals surface area contributed by atoms with E-state index < -0.39 is 0 Å². The maximum atomic E-state index is 5.48. The summed E-state index contributed by atoms with van der Waals surface area (Å²) in [7, 11) is 1.73. The van der Waals surface area contributed by atoms with Gasteiger partial charge in [0.25, 0.3) is 0 Å². The van der Waals surface area contributed by atoms with Crippen molar-refractivity contribution in [2.45, 2.75) is 0 Å². The Morgan fingerprint density at radius 1 is 1.64 bits per heavy atom. The van der Waals surface area contributed by atoms with E-state index in [1.807, 2.05) is 0 Å². The predicted molar refractivity (Wildman–Crippen MR) is 45.2 cm³/mol. The van der Waals surface area contributed by atoms with Crippen LogP contribution < -0.4 is 11.1 Å². The minimum atomic E-state index is 0.333. The first-order valence-corrected chi connectivity index (χ1v) is 3.04. The smallest absolute Gasteiger partial charge is 0.157 e. The molecule has 0 aliphatic heterocycles. The molecular weight excluding hydrogens is 142 g/mol. The van der Waals surface area contributed by atoms with E-state index in [1.54, 1.807) is 7.05 Å². The van der Waals surface area contributed by atoms with Crippen LogP contribution in [0.5, 0.6) is 0 Å². The molecule has 3 N–H and O–H groups in total. The maximum Gasteiger partial charge on any atom is 0.157 e. The molecule has 0 saturated heterocycles. The summed E-state index contributed by atoms with van der Waals surface area (Å²) in [4.78, 5) is 11.3. The van der Waals surface area contributed by atoms with Crippen LogP contribution in [0.3, 0.4) is 0 Å². The number of anilines is 2. The number of hydrogen-bond donors (Lipinski definition) is 2. The fourth-order valence-corrected chi connectivity index (χ4v) is 0.731. The fraction of sp³-hybridized carbons (Fsp3) is 0.167. The minimum Gasteiger partial charge on any atom is -0.382 e. The third-order valence-corrected chi connectivity index (χ3v) is 1.25. The van der Waals surface area contributed by atoms with Gasteiger partial charge in [0.2, 0.25) is 0 Å². The molecule has 11 heavy (non-hydrogen) atoms. The lowest BCUT2D eigenvalue weighted by Crippen LogP contribution is -1.97. The normalized spacial score (nSPS) is 9.18. The topological polar surface area (TPSA) is 76.2 Å². The van der Waals surface area contributed by atoms with Crippen molar-refractivity contribution < 1.29 is 0 Å². The summed E-state index contributed by atoms with van der Waals surface area (Å²) < 4.78 is 0. The highest BCUT2D eigenvalue weighted by atomic mass is 15.1. The number of rotatable bonds is 2. The van der Waals surface area contributed by atoms with Crippen molar-refractivity contribution in [1.82, 2.24) is 9.97 Å². The van der Waals surface area contributed by atoms with Crippen LogP contribution in [-0.2, 0) is 0 Å². The van der Waals surface area contributed by atoms with Gasteiger partial charge in [-0.3, -0.25) is 4.99 Å². The molecule has 0 unspecified atom stereocenters. The highest BCUT2D eigenvalue weighted by Gasteiger charge is 2.03. The van der Waals surface area contributed by atoms with Gasteiger partial charge in [0.15, 0.2) is 11.6 Å². The van der Waals surface area contributed by atoms with E-state index in [0.29, 0.717) is 17.3 Å². The van der Waals surface area contributed by atoms with Crippen LogP contribution in [0, 0.1) is 0 Å². The molecule has 5 nitrogen and oxygen atoms in total. The summed E-state index contributed by atoms with van der Waals surface area (Å²) in [6.45, 7) is 3.35. The molecule has 0 aromatic carbocycles. The average molecular weight is 151 g/mol. The zero-order valence-electron chi connectivity index (χ0n) is 6.20. The summed E-state index contributed by atoms with van der Waals surface area (Å²) in [5, 5.41) is 2.82. The van der Waals surface area contributed by atoms with Crippen LogP contribution in [0.1, 0.15) is 0 Å². The average Bonchev–Trinajstić information content (AvgIpc) is 2.04. The Balaban J connectivity index is 3.24. The van der Waals surface area contributed by atoms with Crippen molar-refractivity contribution >= 4 is 24.0 Å². The fourth-order valence-electron chi connectivity index (χ4n) is 0.731. The second-order valence-electron chi connectivity index (χ2n) is 1.86. The van der Waals surface area contributed by atoms with Crippen molar-refractivity contribution in [2.24, 2.45) is 4.99 Å². The van der Waals surface area contributed by atoms with E-state index in [9.17, 15) is 0 Å². The molecule has 0 aliphatic rings. The molecule has 0 atom stereocenters. The number of aliphatic imine (C=N–C) groups is 1. The van der Waals surface area contributed by atoms with Crippen molar-refractivity contribution in [2.75, 3.05) is 18.1 Å². The van der Waals surface area contributed by atoms with Crippen LogP contribution in [-0.4, -0.2) is 23.7 Å². The summed E-state index contributed by atoms with van der Waals surface area (Å²) in [5.41, 5.74) is 5.98. The Morgan fingerprint density at radius 3 is 2.82 bits per heavy atom. The Bertz CT molecular complexity index is 270. The predicted octanol–water partition coefficient (Wildman–Crippen LogP) is 0.433. The van der Waals surface area contributed by atoms with E-state index in [1.165, 1.54) is 6.33 Å². The lowest BCUT2D eigenvalue weighted by Gasteiger charge is -2.03. The number of nitrogens with one attached hydrogen (secondary N) is 1. The lowest BCUT2D eigenvalue weighted by atomic mass is 10.4. The molecular formula is C6H9N5. The third kappa shape index (κ3) is 1.26. The van der Waals surface area contributed by atoms with E-state index in [-0.39, 0.29) is 0 Å². The van der Waals surface area contributed by atoms with Crippen LogP contribution in [0.2, 0.25) is 0 Å². The number of nitrogens with two attached hydrogens (primary N) is 1. The van der Waals surface area contributed by atoms with Crippen molar-refractivity contribution in [1.29, 1.82) is 0 Å². The van der Waals surface area contributed by atoms with Gasteiger partial charge in [-0.05, 0) is 6.72 Å². The van der Waals surface area contributed by atoms with Gasteiger partial charge in [0.1, 0.15) is 12.0 Å². The molecule has 1 aromatic rings. The van der Waals surface area contributed by atoms with Crippen molar-refractivity contribution in [3.8, 4) is 0 Å². The summed E-state index contributed by atoms with van der Waals surface area (Å²) in [5.74, 6) is 0.923. The number of nitrogen functional groups attached to an aromatic ring is 1. The van der Waals surface area contributed by atoms with E-state index >= 15 is 0 Å². The molecule has 0 aliphatic carbocycles. The van der Waals surface area contributed by atoms with Crippen LogP contribution in [0.25, 0.3) is 0 Å². The van der Waals surface area contributed by atoms with Gasteiger partial charge >= 0.3 is 0 Å². The van der Waals surface area contributed by atoms with Gasteiger partial charge in [-0.2, -0.15) is 0 Å². The molecule has 0 amide bonds. The first-order valence-electron chi connectivity index (χ1n) is 3.04. The Hall–Kier alpha value is -1.65. The Kier molecular flexibility index (Phi) is 2.00. The molecule has 0 radical (unpaired) electrons. The lowest BCUT2D eigenvalue weighted by molar-refractivity contribution is 1.16. The molecule has 0 saturated carbocycles. The van der Waals surface area contributed by atoms with Crippen LogP contribution in [0.4, 0.5) is 17.3 Å². The Morgan fingerprint density at radius 2 is 2.36 bits per heavy atom. The summed E-state index contributed by atoms with van der Waals surface area (Å²) in [6, 6.07) is 0. The molecule has 5 heteroatoms. The van der Waals surface area contributed by atoms with Gasteiger partial charge in [0.05, 0.1) is 0 Å². The third-order valence-electron chi connectivity index (χ3n) is 1.25. The first kappa shape index (κ1) is 7.46. The zero-order valence-corrected chi connectivity index (χ0v) is 6.20. The monoisotopic (exact) mass is 151 g/mol. The van der Waals surface area contributed by atoms with Gasteiger partial charge in [-0.15, -0.1) is 0 Å². The van der Waals surface area contributed by atoms with Gasteiger partial charge < -0.3 is 11.1 Å². The second kappa shape index (κ2) is 2.96. The largest absolute Gasteiger partial charge is 0.382 e. The number of aromatic nitrogens is 2. The SMILES string of the molecule is C=Nc1c(N)ncnc1NC. The number of hydrogen-bond acceptors (Lipinski definition) is 5. The first-order chi connectivity index (χ1) is 5.29. The molecule has 1 rings (SSSR count). The molecule has 0 fully saturated rings. The number of nitrogens with zero attached hydrogens (tertiary/aromatic N) is 3. The molecule has 0 bridgehead atoms. The molecule has 1 aromatic heterocycles. The molecule has 58 valence electrons. The van der Waals surface area contributed by atoms with Crippen LogP contribution >= 0.6 is 0 Å². The van der Waals surface area contributed by atoms with Crippen molar-refractivity contribution in [3.63, 3.8) is 0 Å². The maximum absolute atomic E-state index is 5.48. The van der Waals surface area contributed by atoms with E-state index in [2.05, 4.69) is 27.0 Å². The minimum absolute atomic E-state index is 0.333. The second-order valence-corrected chi connectivity index (χ2v) is 1.86. The molecule has 1 heterocycles. The highest BCUT2D eigenvalue weighted by molar-refractivity contribution is 5.73. The zero-order chi connectivity index (χ0) is 8.27. The summed E-state index contributed by atoms with van der Waals surface area (Å²) in [6.07, 6.45) is 1.37. The van der Waals surface area contributed by atoms with E-state index in [0.717, 1.165) is 0 Å². The quantitative estimate of drug-likeness (QED) is 0.601. The van der Waals surface area contributed by atoms with Gasteiger partial charge in [-0.25, -0.2) is 9.97 Å². The Labute approximate surface area is 64.4 Å². The highest BCUT2D eigenvalue weighted by Crippen LogP contribution is 2.25. The van der Waals surface area contributed by atoms with Gasteiger partial charge in [0, 0.05) is 7.05 Å². The summed E-state index contributed by atoms with van der Waals surface area (Å²) >= 11 is 0. The van der Waals surface area contributed by atoms with Gasteiger partial charge in [-0.1, -0.05) is 0 Å². The standard InChI is InChI=1S/C6H9N5/c1-8-4-5(7)10-3-11-6(4)9-2/h3H,1H2,2H3,(H3,7,9,10,11). The van der Waals surface area contributed by atoms with Crippen molar-refractivity contribution in [3.05, 3.63) is 6.33 Å². The molecule has 0 spiro atoms. The van der Waals surface area contributed by atoms with E-state index in [4.69, 9.17) is 5.73 Å². The van der Waals surface area contributed by atoms with Crippen LogP contribution in [0.15, 0.2) is 11.3 Å².